The normalized spacial score (nSPS) is 13.9. The van der Waals surface area contributed by atoms with Gasteiger partial charge in [0, 0.05) is 24.6 Å². The van der Waals surface area contributed by atoms with Gasteiger partial charge in [-0.15, -0.1) is 0 Å². The number of unbranched alkanes of at least 4 members (excludes halogenated alkanes) is 2. The number of rotatable bonds is 13. The van der Waals surface area contributed by atoms with Crippen molar-refractivity contribution in [1.82, 2.24) is 4.90 Å². The third-order valence-electron chi connectivity index (χ3n) is 4.94. The summed E-state index contributed by atoms with van der Waals surface area (Å²) in [5.41, 5.74) is 0. The van der Waals surface area contributed by atoms with Crippen LogP contribution in [0.2, 0.25) is 0 Å². The molecule has 0 fully saturated rings. The highest BCUT2D eigenvalue weighted by atomic mass is 31.2. The van der Waals surface area contributed by atoms with Gasteiger partial charge in [-0.1, -0.05) is 91.1 Å². The minimum Gasteiger partial charge on any atom is -0.342 e. The Hall–Kier alpha value is -1.08. The molecule has 0 aromatic heterocycles. The van der Waals surface area contributed by atoms with E-state index < -0.39 is 7.14 Å². The molecule has 0 N–H and O–H groups in total. The molecule has 0 heterocycles. The van der Waals surface area contributed by atoms with Crippen LogP contribution in [0.3, 0.4) is 0 Å². The van der Waals surface area contributed by atoms with Crippen molar-refractivity contribution < 1.29 is 9.36 Å². The Morgan fingerprint density at radius 2 is 1.43 bits per heavy atom. The first-order chi connectivity index (χ1) is 13.1. The van der Waals surface area contributed by atoms with Gasteiger partial charge in [0.25, 0.3) is 0 Å². The first-order valence-corrected chi connectivity index (χ1v) is 13.1. The van der Waals surface area contributed by atoms with Crippen molar-refractivity contribution in [2.45, 2.75) is 67.2 Å². The lowest BCUT2D eigenvalue weighted by atomic mass is 10.1. The first kappa shape index (κ1) is 25.0. The predicted octanol–water partition coefficient (Wildman–Crippen LogP) is 6.03. The van der Waals surface area contributed by atoms with E-state index in [-0.39, 0.29) is 12.1 Å². The molecule has 0 radical (unpaired) electrons. The highest BCUT2D eigenvalue weighted by molar-refractivity contribution is 7.72. The van der Waals surface area contributed by atoms with Crippen molar-refractivity contribution in [3.05, 3.63) is 30.3 Å². The van der Waals surface area contributed by atoms with E-state index in [1.807, 2.05) is 35.2 Å². The topological polar surface area (TPSA) is 37.4 Å². The van der Waals surface area contributed by atoms with Gasteiger partial charge < -0.3 is 9.46 Å². The predicted molar refractivity (Wildman–Crippen MR) is 123 cm³/mol. The molecular formula is C24H42NO2P. The van der Waals surface area contributed by atoms with Crippen LogP contribution in [-0.2, 0) is 9.36 Å². The van der Waals surface area contributed by atoms with Crippen molar-refractivity contribution in [1.29, 1.82) is 0 Å². The zero-order valence-electron chi connectivity index (χ0n) is 19.0. The maximum Gasteiger partial charge on any atom is 0.230 e. The van der Waals surface area contributed by atoms with Gasteiger partial charge in [-0.25, -0.2) is 0 Å². The van der Waals surface area contributed by atoms with E-state index in [0.29, 0.717) is 23.9 Å². The standard InChI is InChI=1S/C24H42NO2P/c1-20(2)13-9-8-12-16-28(27,23-14-10-7-11-15-23)19-24(26)25(17-21(3)4)18-22(5)6/h7,10-11,14-15,20-22H,8-9,12-13,16-19H2,1-6H3. The number of hydrogen-bond acceptors (Lipinski definition) is 2. The molecule has 0 spiro atoms. The summed E-state index contributed by atoms with van der Waals surface area (Å²) in [6.07, 6.45) is 5.21. The summed E-state index contributed by atoms with van der Waals surface area (Å²) < 4.78 is 14.0. The fraction of sp³-hybridized carbons (Fsp3) is 0.708. The molecule has 3 nitrogen and oxygen atoms in total. The van der Waals surface area contributed by atoms with Gasteiger partial charge in [-0.2, -0.15) is 0 Å². The monoisotopic (exact) mass is 407 g/mol. The van der Waals surface area contributed by atoms with Gasteiger partial charge in [0.05, 0.1) is 6.16 Å². The van der Waals surface area contributed by atoms with Gasteiger partial charge in [-0.3, -0.25) is 4.79 Å². The smallest absolute Gasteiger partial charge is 0.230 e. The van der Waals surface area contributed by atoms with Gasteiger partial charge in [0.15, 0.2) is 0 Å². The Kier molecular flexibility index (Phi) is 11.1. The molecular weight excluding hydrogens is 365 g/mol. The van der Waals surface area contributed by atoms with Crippen LogP contribution in [0.5, 0.6) is 0 Å². The van der Waals surface area contributed by atoms with Crippen LogP contribution in [0.15, 0.2) is 30.3 Å². The van der Waals surface area contributed by atoms with Gasteiger partial charge in [-0.05, 0) is 24.2 Å². The summed E-state index contributed by atoms with van der Waals surface area (Å²) in [5.74, 6) is 1.59. The third-order valence-corrected chi connectivity index (χ3v) is 8.00. The van der Waals surface area contributed by atoms with Crippen LogP contribution < -0.4 is 5.30 Å². The van der Waals surface area contributed by atoms with Crippen molar-refractivity contribution in [2.75, 3.05) is 25.4 Å². The zero-order valence-corrected chi connectivity index (χ0v) is 19.9. The van der Waals surface area contributed by atoms with Crippen LogP contribution in [0.25, 0.3) is 0 Å². The maximum atomic E-state index is 14.0. The van der Waals surface area contributed by atoms with E-state index in [9.17, 15) is 9.36 Å². The Balaban J connectivity index is 2.89. The SMILES string of the molecule is CC(C)CCCCCP(=O)(CC(=O)N(CC(C)C)CC(C)C)c1ccccc1. The summed E-state index contributed by atoms with van der Waals surface area (Å²) in [6.45, 7) is 14.5. The van der Waals surface area contributed by atoms with Gasteiger partial charge >= 0.3 is 0 Å². The Morgan fingerprint density at radius 1 is 0.857 bits per heavy atom. The number of amides is 1. The first-order valence-electron chi connectivity index (χ1n) is 11.1. The number of carbonyl (C=O) groups excluding carboxylic acids is 1. The number of carbonyl (C=O) groups is 1. The van der Waals surface area contributed by atoms with Crippen molar-refractivity contribution in [3.8, 4) is 0 Å². The van der Waals surface area contributed by atoms with Crippen LogP contribution in [0.1, 0.15) is 67.2 Å². The average molecular weight is 408 g/mol. The number of hydrogen-bond donors (Lipinski definition) is 0. The van der Waals surface area contributed by atoms with Crippen molar-refractivity contribution >= 4 is 18.4 Å². The second-order valence-corrected chi connectivity index (χ2v) is 12.5. The van der Waals surface area contributed by atoms with E-state index in [4.69, 9.17) is 0 Å². The quantitative estimate of drug-likeness (QED) is 0.296. The molecule has 28 heavy (non-hydrogen) atoms. The number of benzene rings is 1. The summed E-state index contributed by atoms with van der Waals surface area (Å²) in [4.78, 5) is 15.1. The molecule has 1 aromatic rings. The van der Waals surface area contributed by atoms with Crippen molar-refractivity contribution in [2.24, 2.45) is 17.8 Å². The van der Waals surface area contributed by atoms with Crippen molar-refractivity contribution in [3.63, 3.8) is 0 Å². The van der Waals surface area contributed by atoms with E-state index >= 15 is 0 Å². The molecule has 0 aliphatic heterocycles. The number of nitrogens with zero attached hydrogens (tertiary/aromatic N) is 1. The van der Waals surface area contributed by atoms with Crippen LogP contribution in [-0.4, -0.2) is 36.2 Å². The Bertz CT molecular complexity index is 600. The molecule has 4 heteroatoms. The molecule has 0 saturated heterocycles. The highest BCUT2D eigenvalue weighted by Crippen LogP contribution is 2.45. The molecule has 1 unspecified atom stereocenters. The molecule has 0 saturated carbocycles. The second kappa shape index (κ2) is 12.5. The van der Waals surface area contributed by atoms with Gasteiger partial charge in [0.2, 0.25) is 5.91 Å². The van der Waals surface area contributed by atoms with Crippen LogP contribution in [0, 0.1) is 17.8 Å². The fourth-order valence-electron chi connectivity index (χ4n) is 3.57. The summed E-state index contributed by atoms with van der Waals surface area (Å²) in [6, 6.07) is 9.70. The molecule has 160 valence electrons. The van der Waals surface area contributed by atoms with Gasteiger partial charge in [0.1, 0.15) is 7.14 Å². The molecule has 1 aromatic carbocycles. The molecule has 1 amide bonds. The van der Waals surface area contributed by atoms with E-state index in [2.05, 4.69) is 41.5 Å². The molecule has 0 bridgehead atoms. The molecule has 1 rings (SSSR count). The second-order valence-electron chi connectivity index (χ2n) is 9.44. The Labute approximate surface area is 173 Å². The minimum atomic E-state index is -2.72. The summed E-state index contributed by atoms with van der Waals surface area (Å²) >= 11 is 0. The van der Waals surface area contributed by atoms with Crippen LogP contribution >= 0.6 is 7.14 Å². The molecule has 0 aliphatic rings. The van der Waals surface area contributed by atoms with Crippen LogP contribution in [0.4, 0.5) is 0 Å². The summed E-state index contributed by atoms with van der Waals surface area (Å²) in [5, 5.41) is 0.862. The van der Waals surface area contributed by atoms with E-state index in [1.165, 1.54) is 12.8 Å². The lowest BCUT2D eigenvalue weighted by molar-refractivity contribution is -0.129. The lowest BCUT2D eigenvalue weighted by Crippen LogP contribution is -2.39. The highest BCUT2D eigenvalue weighted by Gasteiger charge is 2.30. The average Bonchev–Trinajstić information content (AvgIpc) is 2.60. The van der Waals surface area contributed by atoms with E-state index in [0.717, 1.165) is 31.2 Å². The largest absolute Gasteiger partial charge is 0.342 e. The third kappa shape index (κ3) is 9.41. The molecule has 1 atom stereocenters. The Morgan fingerprint density at radius 3 is 1.93 bits per heavy atom. The fourth-order valence-corrected chi connectivity index (χ4v) is 6.26. The molecule has 0 aliphatic carbocycles. The minimum absolute atomic E-state index is 0.0526. The van der Waals surface area contributed by atoms with E-state index in [1.54, 1.807) is 0 Å². The maximum absolute atomic E-state index is 14.0. The zero-order chi connectivity index (χ0) is 21.2. The lowest BCUT2D eigenvalue weighted by Gasteiger charge is -2.28. The summed E-state index contributed by atoms with van der Waals surface area (Å²) in [7, 11) is -2.72.